The molecule has 2 bridgehead atoms. The molecule has 4 atom stereocenters. The molecule has 0 radical (unpaired) electrons. The molecule has 2 fully saturated rings. The van der Waals surface area contributed by atoms with E-state index in [0.717, 1.165) is 12.1 Å². The van der Waals surface area contributed by atoms with Crippen LogP contribution < -0.4 is 20.1 Å². The van der Waals surface area contributed by atoms with Crippen LogP contribution in [0.15, 0.2) is 36.4 Å². The molecule has 2 aliphatic carbocycles. The van der Waals surface area contributed by atoms with Gasteiger partial charge < -0.3 is 25.2 Å². The molecule has 2 amide bonds. The molecule has 0 aromatic heterocycles. The van der Waals surface area contributed by atoms with Crippen LogP contribution in [0.2, 0.25) is 10.0 Å². The normalized spacial score (nSPS) is 25.1. The second-order valence-electron chi connectivity index (χ2n) is 8.93. The zero-order valence-corrected chi connectivity index (χ0v) is 20.0. The van der Waals surface area contributed by atoms with E-state index >= 15 is 0 Å². The molecule has 3 N–H and O–H groups in total. The average molecular weight is 529 g/mol. The van der Waals surface area contributed by atoms with E-state index in [9.17, 15) is 23.5 Å². The molecule has 2 aromatic carbocycles. The summed E-state index contributed by atoms with van der Waals surface area (Å²) in [5.41, 5.74) is -0.603. The lowest BCUT2D eigenvalue weighted by Gasteiger charge is -2.41. The zero-order chi connectivity index (χ0) is 25.2. The Morgan fingerprint density at radius 3 is 2.11 bits per heavy atom. The summed E-state index contributed by atoms with van der Waals surface area (Å²) in [6.07, 6.45) is 1.32. The average Bonchev–Trinajstić information content (AvgIpc) is 3.16. The number of aliphatic hydroxyl groups is 1. The number of aliphatic hydroxyl groups excluding tert-OH is 1. The quantitative estimate of drug-likeness (QED) is 0.486. The Hall–Kier alpha value is -2.62. The van der Waals surface area contributed by atoms with Crippen molar-refractivity contribution in [1.82, 2.24) is 10.6 Å². The second-order valence-corrected chi connectivity index (χ2v) is 9.74. The third kappa shape index (κ3) is 6.15. The molecule has 1 unspecified atom stereocenters. The highest BCUT2D eigenvalue weighted by Gasteiger charge is 2.51. The highest BCUT2D eigenvalue weighted by molar-refractivity contribution is 6.31. The molecule has 2 aliphatic rings. The van der Waals surface area contributed by atoms with Crippen molar-refractivity contribution < 1.29 is 33.0 Å². The van der Waals surface area contributed by atoms with Gasteiger partial charge in [-0.05, 0) is 55.9 Å². The van der Waals surface area contributed by atoms with Gasteiger partial charge in [0.25, 0.3) is 11.8 Å². The summed E-state index contributed by atoms with van der Waals surface area (Å²) < 4.78 is 37.7. The van der Waals surface area contributed by atoms with E-state index in [1.807, 2.05) is 0 Å². The molecule has 0 saturated heterocycles. The van der Waals surface area contributed by atoms with Gasteiger partial charge in [0.05, 0.1) is 22.2 Å². The predicted molar refractivity (Wildman–Crippen MR) is 125 cm³/mol. The molecule has 11 heteroatoms. The van der Waals surface area contributed by atoms with Crippen LogP contribution in [0.5, 0.6) is 11.5 Å². The van der Waals surface area contributed by atoms with Gasteiger partial charge in [-0.2, -0.15) is 0 Å². The first-order chi connectivity index (χ1) is 16.6. The standard InChI is InChI=1S/C24H24Cl2F2N2O5/c25-16-3-1-14(7-18(16)27)34-11-21(32)29-23-13-5-6-24(9-13,10-20(23)31)30-22(33)12-35-15-2-4-17(26)19(28)8-15/h1-4,7-8,13,20,23,31H,5-6,9-12H2,(H,29,32)(H,30,33)/t13-,20-,23?,24-/m1/s1. The Morgan fingerprint density at radius 2 is 1.54 bits per heavy atom. The van der Waals surface area contributed by atoms with Crippen molar-refractivity contribution in [3.8, 4) is 11.5 Å². The van der Waals surface area contributed by atoms with E-state index in [-0.39, 0.29) is 53.0 Å². The van der Waals surface area contributed by atoms with E-state index in [2.05, 4.69) is 10.6 Å². The summed E-state index contributed by atoms with van der Waals surface area (Å²) >= 11 is 11.3. The second kappa shape index (κ2) is 10.6. The van der Waals surface area contributed by atoms with Gasteiger partial charge >= 0.3 is 0 Å². The summed E-state index contributed by atoms with van der Waals surface area (Å²) in [6, 6.07) is 7.29. The van der Waals surface area contributed by atoms with E-state index in [1.165, 1.54) is 24.3 Å². The van der Waals surface area contributed by atoms with Crippen molar-refractivity contribution in [3.63, 3.8) is 0 Å². The van der Waals surface area contributed by atoms with Gasteiger partial charge in [0.2, 0.25) is 0 Å². The maximum atomic E-state index is 13.5. The summed E-state index contributed by atoms with van der Waals surface area (Å²) in [4.78, 5) is 24.9. The third-order valence-electron chi connectivity index (χ3n) is 6.42. The van der Waals surface area contributed by atoms with Crippen molar-refractivity contribution in [2.75, 3.05) is 13.2 Å². The number of rotatable bonds is 8. The number of benzene rings is 2. The van der Waals surface area contributed by atoms with Crippen LogP contribution in [0.3, 0.4) is 0 Å². The van der Waals surface area contributed by atoms with Crippen LogP contribution in [0, 0.1) is 17.6 Å². The number of hydrogen-bond acceptors (Lipinski definition) is 5. The number of halogens is 4. The lowest BCUT2D eigenvalue weighted by molar-refractivity contribution is -0.128. The highest BCUT2D eigenvalue weighted by Crippen LogP contribution is 2.45. The number of ether oxygens (including phenoxy) is 2. The van der Waals surface area contributed by atoms with E-state index in [1.54, 1.807) is 0 Å². The van der Waals surface area contributed by atoms with E-state index in [4.69, 9.17) is 32.7 Å². The fourth-order valence-electron chi connectivity index (χ4n) is 4.87. The fourth-order valence-corrected chi connectivity index (χ4v) is 5.11. The predicted octanol–water partition coefficient (Wildman–Crippen LogP) is 3.63. The Bertz CT molecular complexity index is 1120. The van der Waals surface area contributed by atoms with Crippen molar-refractivity contribution in [3.05, 3.63) is 58.1 Å². The number of fused-ring (bicyclic) bond motifs is 2. The maximum Gasteiger partial charge on any atom is 0.258 e. The molecule has 7 nitrogen and oxygen atoms in total. The van der Waals surface area contributed by atoms with Crippen molar-refractivity contribution >= 4 is 35.0 Å². The third-order valence-corrected chi connectivity index (χ3v) is 7.04. The minimum absolute atomic E-state index is 0.0396. The Labute approximate surface area is 210 Å². The highest BCUT2D eigenvalue weighted by atomic mass is 35.5. The molecular weight excluding hydrogens is 505 g/mol. The first-order valence-electron chi connectivity index (χ1n) is 11.1. The van der Waals surface area contributed by atoms with Crippen LogP contribution in [-0.4, -0.2) is 47.8 Å². The van der Waals surface area contributed by atoms with Crippen LogP contribution >= 0.6 is 23.2 Å². The lowest BCUT2D eigenvalue weighted by Crippen LogP contribution is -2.59. The molecule has 0 spiro atoms. The number of carbonyl (C=O) groups excluding carboxylic acids is 2. The monoisotopic (exact) mass is 528 g/mol. The molecule has 0 heterocycles. The molecular formula is C24H24Cl2F2N2O5. The number of amides is 2. The van der Waals surface area contributed by atoms with Crippen LogP contribution in [-0.2, 0) is 9.59 Å². The molecule has 4 rings (SSSR count). The van der Waals surface area contributed by atoms with Crippen LogP contribution in [0.25, 0.3) is 0 Å². The fraction of sp³-hybridized carbons (Fsp3) is 0.417. The first-order valence-corrected chi connectivity index (χ1v) is 11.8. The minimum atomic E-state index is -0.875. The van der Waals surface area contributed by atoms with Gasteiger partial charge in [-0.25, -0.2) is 8.78 Å². The zero-order valence-electron chi connectivity index (χ0n) is 18.5. The number of carbonyl (C=O) groups is 2. The molecule has 0 aliphatic heterocycles. The van der Waals surface area contributed by atoms with Crippen LogP contribution in [0.4, 0.5) is 8.78 Å². The molecule has 2 saturated carbocycles. The first kappa shape index (κ1) is 25.5. The van der Waals surface area contributed by atoms with E-state index in [0.29, 0.717) is 19.3 Å². The SMILES string of the molecule is O=C(COc1ccc(Cl)c(F)c1)NC1[C@@H]2CC[C@@](NC(=O)COc3ccc(Cl)c(F)c3)(C2)C[C@H]1O. The number of hydrogen-bond donors (Lipinski definition) is 3. The molecule has 2 aromatic rings. The lowest BCUT2D eigenvalue weighted by atomic mass is 9.78. The largest absolute Gasteiger partial charge is 0.484 e. The molecule has 35 heavy (non-hydrogen) atoms. The van der Waals surface area contributed by atoms with Gasteiger partial charge in [-0.1, -0.05) is 23.2 Å². The van der Waals surface area contributed by atoms with Gasteiger partial charge in [0.1, 0.15) is 23.1 Å². The molecule has 188 valence electrons. The summed E-state index contributed by atoms with van der Waals surface area (Å²) in [6.45, 7) is -0.659. The summed E-state index contributed by atoms with van der Waals surface area (Å²) in [7, 11) is 0. The van der Waals surface area contributed by atoms with Crippen LogP contribution in [0.1, 0.15) is 25.7 Å². The van der Waals surface area contributed by atoms with E-state index < -0.39 is 35.2 Å². The number of nitrogens with one attached hydrogen (secondary N) is 2. The topological polar surface area (TPSA) is 96.9 Å². The Balaban J connectivity index is 1.27. The van der Waals surface area contributed by atoms with Crippen molar-refractivity contribution in [2.24, 2.45) is 5.92 Å². The van der Waals surface area contributed by atoms with Gasteiger partial charge in [-0.3, -0.25) is 9.59 Å². The summed E-state index contributed by atoms with van der Waals surface area (Å²) in [5.74, 6) is -1.83. The van der Waals surface area contributed by atoms with Gasteiger partial charge in [-0.15, -0.1) is 0 Å². The Kier molecular flexibility index (Phi) is 7.68. The maximum absolute atomic E-state index is 13.5. The van der Waals surface area contributed by atoms with Gasteiger partial charge in [0.15, 0.2) is 13.2 Å². The smallest absolute Gasteiger partial charge is 0.258 e. The van der Waals surface area contributed by atoms with Crippen molar-refractivity contribution in [1.29, 1.82) is 0 Å². The van der Waals surface area contributed by atoms with Gasteiger partial charge in [0, 0.05) is 17.7 Å². The summed E-state index contributed by atoms with van der Waals surface area (Å²) in [5, 5.41) is 16.4. The minimum Gasteiger partial charge on any atom is -0.484 e. The Morgan fingerprint density at radius 1 is 0.971 bits per heavy atom. The van der Waals surface area contributed by atoms with Crippen molar-refractivity contribution in [2.45, 2.75) is 43.4 Å².